The predicted octanol–water partition coefficient (Wildman–Crippen LogP) is 3.40. The number of hydrogen-bond acceptors (Lipinski definition) is 3. The first-order chi connectivity index (χ1) is 9.20. The van der Waals surface area contributed by atoms with E-state index >= 15 is 0 Å². The average molecular weight is 270 g/mol. The van der Waals surface area contributed by atoms with Crippen LogP contribution in [0.5, 0.6) is 0 Å². The van der Waals surface area contributed by atoms with Crippen LogP contribution in [-0.4, -0.2) is 12.5 Å². The molecular formula is C15H14N2OS. The molecule has 1 amide bonds. The van der Waals surface area contributed by atoms with E-state index < -0.39 is 0 Å². The fourth-order valence-corrected chi connectivity index (χ4v) is 3.31. The number of anilines is 2. The number of nitrogens with zero attached hydrogens (tertiary/aromatic N) is 1. The minimum atomic E-state index is 0.0370. The summed E-state index contributed by atoms with van der Waals surface area (Å²) in [4.78, 5) is 16.5. The molecule has 0 spiro atoms. The van der Waals surface area contributed by atoms with Crippen molar-refractivity contribution in [3.05, 3.63) is 48.0 Å². The van der Waals surface area contributed by atoms with Crippen molar-refractivity contribution in [1.29, 1.82) is 0 Å². The quantitative estimate of drug-likeness (QED) is 0.808. The molecule has 3 nitrogen and oxygen atoms in total. The van der Waals surface area contributed by atoms with E-state index in [9.17, 15) is 4.79 Å². The summed E-state index contributed by atoms with van der Waals surface area (Å²) in [6.07, 6.45) is 0. The van der Waals surface area contributed by atoms with Crippen LogP contribution < -0.4 is 10.6 Å². The molecule has 0 aromatic heterocycles. The first kappa shape index (κ1) is 12.1. The van der Waals surface area contributed by atoms with Gasteiger partial charge < -0.3 is 10.6 Å². The minimum absolute atomic E-state index is 0.0370. The monoisotopic (exact) mass is 270 g/mol. The van der Waals surface area contributed by atoms with Crippen LogP contribution in [0.4, 0.5) is 11.4 Å². The first-order valence-corrected chi connectivity index (χ1v) is 7.00. The number of fused-ring (bicyclic) bond motifs is 2. The third-order valence-corrected chi connectivity index (χ3v) is 4.31. The van der Waals surface area contributed by atoms with Gasteiger partial charge in [-0.15, -0.1) is 0 Å². The van der Waals surface area contributed by atoms with Crippen molar-refractivity contribution < 1.29 is 4.79 Å². The maximum absolute atomic E-state index is 12.6. The van der Waals surface area contributed by atoms with E-state index in [4.69, 9.17) is 5.73 Å². The van der Waals surface area contributed by atoms with Crippen LogP contribution in [0.2, 0.25) is 0 Å². The van der Waals surface area contributed by atoms with Gasteiger partial charge in [-0.05, 0) is 37.3 Å². The highest BCUT2D eigenvalue weighted by Crippen LogP contribution is 2.41. The standard InChI is InChI=1S/C15H14N2OS/c1-2-17-12-9-10(16)7-8-14(12)19-13-6-4-3-5-11(13)15(17)18/h3-9H,2,16H2,1H3. The Morgan fingerprint density at radius 3 is 2.74 bits per heavy atom. The van der Waals surface area contributed by atoms with Gasteiger partial charge in [-0.25, -0.2) is 0 Å². The number of rotatable bonds is 1. The molecule has 0 bridgehead atoms. The van der Waals surface area contributed by atoms with Crippen molar-refractivity contribution in [1.82, 2.24) is 0 Å². The Bertz CT molecular complexity index is 654. The topological polar surface area (TPSA) is 46.3 Å². The van der Waals surface area contributed by atoms with Gasteiger partial charge in [-0.1, -0.05) is 23.9 Å². The van der Waals surface area contributed by atoms with Crippen LogP contribution in [-0.2, 0) is 0 Å². The lowest BCUT2D eigenvalue weighted by Crippen LogP contribution is -2.30. The lowest BCUT2D eigenvalue weighted by molar-refractivity contribution is 0.0985. The molecule has 2 aromatic rings. The third-order valence-electron chi connectivity index (χ3n) is 3.17. The molecule has 0 atom stereocenters. The highest BCUT2D eigenvalue weighted by molar-refractivity contribution is 7.99. The molecule has 2 aromatic carbocycles. The molecule has 0 saturated carbocycles. The zero-order valence-corrected chi connectivity index (χ0v) is 11.4. The smallest absolute Gasteiger partial charge is 0.259 e. The van der Waals surface area contributed by atoms with Crippen molar-refractivity contribution in [3.63, 3.8) is 0 Å². The largest absolute Gasteiger partial charge is 0.399 e. The Morgan fingerprint density at radius 1 is 1.16 bits per heavy atom. The number of nitrogens with two attached hydrogens (primary N) is 1. The fourth-order valence-electron chi connectivity index (χ4n) is 2.25. The molecule has 3 rings (SSSR count). The number of amides is 1. The second kappa shape index (κ2) is 4.63. The van der Waals surface area contributed by atoms with Gasteiger partial charge in [0.05, 0.1) is 11.3 Å². The van der Waals surface area contributed by atoms with Crippen molar-refractivity contribution in [3.8, 4) is 0 Å². The average Bonchev–Trinajstić information content (AvgIpc) is 2.53. The van der Waals surface area contributed by atoms with Crippen LogP contribution in [0.25, 0.3) is 0 Å². The van der Waals surface area contributed by atoms with E-state index in [1.54, 1.807) is 16.7 Å². The molecule has 96 valence electrons. The normalized spacial score (nSPS) is 13.7. The molecular weight excluding hydrogens is 256 g/mol. The molecule has 1 aliphatic heterocycles. The number of nitrogen functional groups attached to an aromatic ring is 1. The summed E-state index contributed by atoms with van der Waals surface area (Å²) >= 11 is 1.62. The Kier molecular flexibility index (Phi) is 2.95. The zero-order chi connectivity index (χ0) is 13.4. The molecule has 2 N–H and O–H groups in total. The van der Waals surface area contributed by atoms with Crippen molar-refractivity contribution in [2.24, 2.45) is 0 Å². The number of carbonyl (C=O) groups is 1. The van der Waals surface area contributed by atoms with E-state index in [0.717, 1.165) is 21.0 Å². The molecule has 19 heavy (non-hydrogen) atoms. The number of benzene rings is 2. The summed E-state index contributed by atoms with van der Waals surface area (Å²) in [5.41, 5.74) is 8.18. The number of carbonyl (C=O) groups excluding carboxylic acids is 1. The molecule has 4 heteroatoms. The summed E-state index contributed by atoms with van der Waals surface area (Å²) in [5.74, 6) is 0.0370. The van der Waals surface area contributed by atoms with Gasteiger partial charge in [0.15, 0.2) is 0 Å². The van der Waals surface area contributed by atoms with Gasteiger partial charge in [-0.3, -0.25) is 4.79 Å². The lowest BCUT2D eigenvalue weighted by atomic mass is 10.1. The van der Waals surface area contributed by atoms with Crippen molar-refractivity contribution in [2.45, 2.75) is 16.7 Å². The fraction of sp³-hybridized carbons (Fsp3) is 0.133. The molecule has 1 aliphatic rings. The summed E-state index contributed by atoms with van der Waals surface area (Å²) < 4.78 is 0. The molecule has 1 heterocycles. The van der Waals surface area contributed by atoms with Crippen LogP contribution in [0.3, 0.4) is 0 Å². The van der Waals surface area contributed by atoms with Crippen molar-refractivity contribution >= 4 is 29.0 Å². The molecule has 0 unspecified atom stereocenters. The van der Waals surface area contributed by atoms with Crippen LogP contribution in [0, 0.1) is 0 Å². The maximum atomic E-state index is 12.6. The Labute approximate surface area is 116 Å². The SMILES string of the molecule is CCN1C(=O)c2ccccc2Sc2ccc(N)cc21. The van der Waals surface area contributed by atoms with E-state index in [2.05, 4.69) is 0 Å². The Balaban J connectivity index is 2.23. The summed E-state index contributed by atoms with van der Waals surface area (Å²) in [6.45, 7) is 2.60. The second-order valence-corrected chi connectivity index (χ2v) is 5.46. The van der Waals surface area contributed by atoms with E-state index in [1.807, 2.05) is 49.4 Å². The van der Waals surface area contributed by atoms with Gasteiger partial charge in [-0.2, -0.15) is 0 Å². The number of hydrogen-bond donors (Lipinski definition) is 1. The van der Waals surface area contributed by atoms with E-state index in [1.165, 1.54) is 0 Å². The van der Waals surface area contributed by atoms with Gasteiger partial charge >= 0.3 is 0 Å². The molecule has 0 saturated heterocycles. The molecule has 0 radical (unpaired) electrons. The van der Waals surface area contributed by atoms with Gasteiger partial charge in [0.25, 0.3) is 5.91 Å². The molecule has 0 fully saturated rings. The molecule has 0 aliphatic carbocycles. The maximum Gasteiger partial charge on any atom is 0.259 e. The van der Waals surface area contributed by atoms with E-state index in [-0.39, 0.29) is 5.91 Å². The first-order valence-electron chi connectivity index (χ1n) is 6.19. The Hall–Kier alpha value is -1.94. The predicted molar refractivity (Wildman–Crippen MR) is 78.8 cm³/mol. The van der Waals surface area contributed by atoms with Crippen molar-refractivity contribution in [2.75, 3.05) is 17.2 Å². The lowest BCUT2D eigenvalue weighted by Gasteiger charge is -2.21. The van der Waals surface area contributed by atoms with Crippen LogP contribution in [0.1, 0.15) is 17.3 Å². The van der Waals surface area contributed by atoms with Crippen LogP contribution >= 0.6 is 11.8 Å². The summed E-state index contributed by atoms with van der Waals surface area (Å²) in [5, 5.41) is 0. The zero-order valence-electron chi connectivity index (χ0n) is 10.6. The highest BCUT2D eigenvalue weighted by Gasteiger charge is 2.25. The van der Waals surface area contributed by atoms with Gasteiger partial charge in [0.2, 0.25) is 0 Å². The van der Waals surface area contributed by atoms with E-state index in [0.29, 0.717) is 12.2 Å². The summed E-state index contributed by atoms with van der Waals surface area (Å²) in [7, 11) is 0. The van der Waals surface area contributed by atoms with Gasteiger partial charge in [0, 0.05) is 22.0 Å². The Morgan fingerprint density at radius 2 is 1.95 bits per heavy atom. The minimum Gasteiger partial charge on any atom is -0.399 e. The summed E-state index contributed by atoms with van der Waals surface area (Å²) in [6, 6.07) is 13.4. The van der Waals surface area contributed by atoms with Crippen LogP contribution in [0.15, 0.2) is 52.3 Å². The second-order valence-electron chi connectivity index (χ2n) is 4.37. The van der Waals surface area contributed by atoms with Gasteiger partial charge in [0.1, 0.15) is 0 Å². The highest BCUT2D eigenvalue weighted by atomic mass is 32.2. The third kappa shape index (κ3) is 1.98.